The van der Waals surface area contributed by atoms with Crippen LogP contribution in [0.1, 0.15) is 16.3 Å². The van der Waals surface area contributed by atoms with Gasteiger partial charge < -0.3 is 9.15 Å². The molecule has 0 aliphatic rings. The van der Waals surface area contributed by atoms with Gasteiger partial charge in [0.2, 0.25) is 5.76 Å². The molecule has 2 aromatic rings. The van der Waals surface area contributed by atoms with E-state index in [0.29, 0.717) is 5.02 Å². The van der Waals surface area contributed by atoms with Crippen molar-refractivity contribution >= 4 is 27.4 Å². The molecule has 0 aliphatic heterocycles. The predicted molar refractivity (Wildman–Crippen MR) is 72.4 cm³/mol. The molecule has 0 saturated heterocycles. The first-order chi connectivity index (χ1) is 9.42. The molecule has 0 unspecified atom stereocenters. The summed E-state index contributed by atoms with van der Waals surface area (Å²) in [5, 5.41) is 0.454. The molecule has 0 saturated carbocycles. The number of rotatable bonds is 4. The van der Waals surface area contributed by atoms with Crippen molar-refractivity contribution in [2.45, 2.75) is 10.6 Å². The zero-order valence-electron chi connectivity index (χ0n) is 10.5. The zero-order valence-corrected chi connectivity index (χ0v) is 12.1. The van der Waals surface area contributed by atoms with Crippen LogP contribution in [0.25, 0.3) is 0 Å². The number of carbonyl (C=O) groups is 1. The Bertz CT molecular complexity index is 715. The first kappa shape index (κ1) is 14.6. The van der Waals surface area contributed by atoms with Gasteiger partial charge >= 0.3 is 5.97 Å². The Balaban J connectivity index is 2.22. The first-order valence-electron chi connectivity index (χ1n) is 5.58. The van der Waals surface area contributed by atoms with Crippen LogP contribution in [-0.2, 0) is 20.3 Å². The van der Waals surface area contributed by atoms with E-state index in [9.17, 15) is 13.2 Å². The quantitative estimate of drug-likeness (QED) is 0.811. The van der Waals surface area contributed by atoms with Gasteiger partial charge in [-0.1, -0.05) is 11.6 Å². The van der Waals surface area contributed by atoms with Gasteiger partial charge in [0.15, 0.2) is 9.84 Å². The largest absolute Gasteiger partial charge is 0.463 e. The lowest BCUT2D eigenvalue weighted by atomic mass is 10.4. The monoisotopic (exact) mass is 314 g/mol. The van der Waals surface area contributed by atoms with Gasteiger partial charge in [0.25, 0.3) is 0 Å². The number of hydrogen-bond acceptors (Lipinski definition) is 5. The van der Waals surface area contributed by atoms with Gasteiger partial charge in [0, 0.05) is 5.02 Å². The van der Waals surface area contributed by atoms with Crippen molar-refractivity contribution in [2.24, 2.45) is 0 Å². The Kier molecular flexibility index (Phi) is 4.15. The highest BCUT2D eigenvalue weighted by molar-refractivity contribution is 7.90. The van der Waals surface area contributed by atoms with Crippen LogP contribution in [0.3, 0.4) is 0 Å². The van der Waals surface area contributed by atoms with Crippen LogP contribution in [0.15, 0.2) is 45.7 Å². The maximum atomic E-state index is 12.1. The van der Waals surface area contributed by atoms with Crippen LogP contribution in [0, 0.1) is 0 Å². The summed E-state index contributed by atoms with van der Waals surface area (Å²) in [6.45, 7) is 0. The molecular formula is C13H11ClO5S. The number of carbonyl (C=O) groups excluding carboxylic acids is 1. The Morgan fingerprint density at radius 3 is 2.45 bits per heavy atom. The van der Waals surface area contributed by atoms with Gasteiger partial charge in [-0.2, -0.15) is 0 Å². The van der Waals surface area contributed by atoms with Gasteiger partial charge in [0.1, 0.15) is 11.5 Å². The summed E-state index contributed by atoms with van der Waals surface area (Å²) in [4.78, 5) is 11.4. The maximum Gasteiger partial charge on any atom is 0.373 e. The molecule has 1 aromatic heterocycles. The van der Waals surface area contributed by atoms with Crippen molar-refractivity contribution in [3.05, 3.63) is 52.9 Å². The summed E-state index contributed by atoms with van der Waals surface area (Å²) in [6, 6.07) is 8.63. The molecule has 0 amide bonds. The van der Waals surface area contributed by atoms with Crippen LogP contribution in [-0.4, -0.2) is 21.5 Å². The highest BCUT2D eigenvalue weighted by Gasteiger charge is 2.19. The average Bonchev–Trinajstić information content (AvgIpc) is 2.86. The minimum Gasteiger partial charge on any atom is -0.463 e. The summed E-state index contributed by atoms with van der Waals surface area (Å²) in [6.07, 6.45) is 0. The second kappa shape index (κ2) is 5.68. The van der Waals surface area contributed by atoms with E-state index in [2.05, 4.69) is 4.74 Å². The highest BCUT2D eigenvalue weighted by Crippen LogP contribution is 2.20. The molecule has 7 heteroatoms. The number of halogens is 1. The molecule has 0 bridgehead atoms. The molecule has 1 aromatic carbocycles. The van der Waals surface area contributed by atoms with E-state index in [4.69, 9.17) is 16.0 Å². The van der Waals surface area contributed by atoms with Crippen molar-refractivity contribution in [2.75, 3.05) is 7.11 Å². The fraction of sp³-hybridized carbons (Fsp3) is 0.154. The molecule has 0 atom stereocenters. The van der Waals surface area contributed by atoms with Gasteiger partial charge in [-0.25, -0.2) is 13.2 Å². The molecule has 106 valence electrons. The van der Waals surface area contributed by atoms with Crippen LogP contribution in [0.5, 0.6) is 0 Å². The molecule has 20 heavy (non-hydrogen) atoms. The summed E-state index contributed by atoms with van der Waals surface area (Å²) < 4.78 is 33.9. The number of esters is 1. The first-order valence-corrected chi connectivity index (χ1v) is 7.61. The molecule has 0 N–H and O–H groups in total. The van der Waals surface area contributed by atoms with Crippen molar-refractivity contribution in [3.63, 3.8) is 0 Å². The number of sulfone groups is 1. The lowest BCUT2D eigenvalue weighted by molar-refractivity contribution is 0.0563. The number of benzene rings is 1. The van der Waals surface area contributed by atoms with E-state index >= 15 is 0 Å². The Morgan fingerprint density at radius 2 is 1.85 bits per heavy atom. The lowest BCUT2D eigenvalue weighted by Crippen LogP contribution is -2.04. The smallest absolute Gasteiger partial charge is 0.373 e. The molecule has 0 aliphatic carbocycles. The molecule has 1 heterocycles. The summed E-state index contributed by atoms with van der Waals surface area (Å²) in [7, 11) is -2.34. The Morgan fingerprint density at radius 1 is 1.20 bits per heavy atom. The third-order valence-electron chi connectivity index (χ3n) is 2.55. The van der Waals surface area contributed by atoms with Crippen molar-refractivity contribution in [3.8, 4) is 0 Å². The van der Waals surface area contributed by atoms with Gasteiger partial charge in [-0.15, -0.1) is 0 Å². The second-order valence-electron chi connectivity index (χ2n) is 3.97. The van der Waals surface area contributed by atoms with Crippen molar-refractivity contribution < 1.29 is 22.4 Å². The predicted octanol–water partition coefficient (Wildman–Crippen LogP) is 2.69. The minimum absolute atomic E-state index is 0.0335. The Hall–Kier alpha value is -1.79. The summed E-state index contributed by atoms with van der Waals surface area (Å²) >= 11 is 5.71. The van der Waals surface area contributed by atoms with E-state index in [1.807, 2.05) is 0 Å². The Labute approximate surface area is 121 Å². The summed E-state index contributed by atoms with van der Waals surface area (Å²) in [5.74, 6) is -0.861. The van der Waals surface area contributed by atoms with E-state index in [1.165, 1.54) is 43.5 Å². The lowest BCUT2D eigenvalue weighted by Gasteiger charge is -2.02. The molecule has 0 fully saturated rings. The standard InChI is InChI=1S/C13H11ClO5S/c1-18-13(15)12-7-4-10(19-12)8-20(16,17)11-5-2-9(14)3-6-11/h2-7H,8H2,1H3. The normalized spacial score (nSPS) is 11.3. The molecular weight excluding hydrogens is 304 g/mol. The number of furan rings is 1. The second-order valence-corrected chi connectivity index (χ2v) is 6.40. The molecule has 0 radical (unpaired) electrons. The van der Waals surface area contributed by atoms with E-state index < -0.39 is 15.8 Å². The molecule has 0 spiro atoms. The highest BCUT2D eigenvalue weighted by atomic mass is 35.5. The van der Waals surface area contributed by atoms with Crippen LogP contribution in [0.2, 0.25) is 5.02 Å². The van der Waals surface area contributed by atoms with E-state index in [0.717, 1.165) is 0 Å². The minimum atomic E-state index is -3.55. The molecule has 2 rings (SSSR count). The zero-order chi connectivity index (χ0) is 14.8. The topological polar surface area (TPSA) is 73.6 Å². The fourth-order valence-corrected chi connectivity index (χ4v) is 2.95. The summed E-state index contributed by atoms with van der Waals surface area (Å²) in [5.41, 5.74) is 0. The third-order valence-corrected chi connectivity index (χ3v) is 4.46. The van der Waals surface area contributed by atoms with Crippen LogP contribution in [0.4, 0.5) is 0 Å². The fourth-order valence-electron chi connectivity index (χ4n) is 1.58. The average molecular weight is 315 g/mol. The van der Waals surface area contributed by atoms with E-state index in [1.54, 1.807) is 0 Å². The van der Waals surface area contributed by atoms with Crippen LogP contribution < -0.4 is 0 Å². The molecule has 5 nitrogen and oxygen atoms in total. The van der Waals surface area contributed by atoms with E-state index in [-0.39, 0.29) is 22.2 Å². The number of methoxy groups -OCH3 is 1. The van der Waals surface area contributed by atoms with Gasteiger partial charge in [-0.05, 0) is 36.4 Å². The third kappa shape index (κ3) is 3.20. The van der Waals surface area contributed by atoms with Crippen LogP contribution >= 0.6 is 11.6 Å². The maximum absolute atomic E-state index is 12.1. The van der Waals surface area contributed by atoms with Gasteiger partial charge in [-0.3, -0.25) is 0 Å². The van der Waals surface area contributed by atoms with Crippen molar-refractivity contribution in [1.29, 1.82) is 0 Å². The SMILES string of the molecule is COC(=O)c1ccc(CS(=O)(=O)c2ccc(Cl)cc2)o1. The van der Waals surface area contributed by atoms with Crippen molar-refractivity contribution in [1.82, 2.24) is 0 Å². The number of ether oxygens (including phenoxy) is 1. The van der Waals surface area contributed by atoms with Gasteiger partial charge in [0.05, 0.1) is 12.0 Å². The number of hydrogen-bond donors (Lipinski definition) is 0.